The molecule has 0 saturated heterocycles. The molecule has 0 saturated carbocycles. The Kier molecular flexibility index (Phi) is 7.56. The Balaban J connectivity index is 1.74. The highest BCUT2D eigenvalue weighted by atomic mass is 79.9. The molecule has 142 valence electrons. The van der Waals surface area contributed by atoms with E-state index in [1.807, 2.05) is 19.1 Å². The van der Waals surface area contributed by atoms with Crippen molar-refractivity contribution in [3.8, 4) is 11.5 Å². The fourth-order valence-corrected chi connectivity index (χ4v) is 2.39. The summed E-state index contributed by atoms with van der Waals surface area (Å²) in [6, 6.07) is 11.9. The molecule has 0 aliphatic carbocycles. The van der Waals surface area contributed by atoms with Crippen LogP contribution >= 0.6 is 28.1 Å². The maximum atomic E-state index is 12.0. The first kappa shape index (κ1) is 20.7. The Morgan fingerprint density at radius 2 is 1.74 bits per heavy atom. The van der Waals surface area contributed by atoms with Crippen molar-refractivity contribution in [3.05, 3.63) is 58.1 Å². The van der Waals surface area contributed by atoms with Crippen LogP contribution in [0, 0.1) is 6.92 Å². The minimum atomic E-state index is -0.452. The Bertz CT molecular complexity index is 843. The highest BCUT2D eigenvalue weighted by molar-refractivity contribution is 9.10. The number of nitrogens with one attached hydrogen (secondary N) is 3. The first-order chi connectivity index (χ1) is 12.9. The third-order valence-corrected chi connectivity index (χ3v) is 4.49. The van der Waals surface area contributed by atoms with Gasteiger partial charge in [0, 0.05) is 10.0 Å². The molecule has 0 radical (unpaired) electrons. The Morgan fingerprint density at radius 3 is 2.37 bits per heavy atom. The summed E-state index contributed by atoms with van der Waals surface area (Å²) in [6.07, 6.45) is 0. The maximum Gasteiger partial charge on any atom is 0.269 e. The van der Waals surface area contributed by atoms with Crippen LogP contribution in [-0.4, -0.2) is 30.6 Å². The minimum Gasteiger partial charge on any atom is -0.497 e. The predicted octanol–water partition coefficient (Wildman–Crippen LogP) is 2.48. The van der Waals surface area contributed by atoms with Crippen LogP contribution in [-0.2, 0) is 4.79 Å². The number of hydrogen-bond acceptors (Lipinski definition) is 5. The number of amides is 2. The average molecular weight is 452 g/mol. The summed E-state index contributed by atoms with van der Waals surface area (Å²) >= 11 is 8.36. The Hall–Kier alpha value is -2.65. The van der Waals surface area contributed by atoms with Crippen LogP contribution in [0.15, 0.2) is 46.9 Å². The number of thiocarbonyl (C=S) groups is 1. The van der Waals surface area contributed by atoms with Crippen molar-refractivity contribution in [3.63, 3.8) is 0 Å². The van der Waals surface area contributed by atoms with Gasteiger partial charge in [-0.15, -0.1) is 0 Å². The molecule has 0 atom stereocenters. The fraction of sp³-hybridized carbons (Fsp3) is 0.167. The highest BCUT2D eigenvalue weighted by Gasteiger charge is 2.09. The van der Waals surface area contributed by atoms with Crippen LogP contribution < -0.4 is 25.6 Å². The van der Waals surface area contributed by atoms with E-state index in [0.717, 1.165) is 10.0 Å². The number of carbonyl (C=O) groups excluding carboxylic acids is 2. The van der Waals surface area contributed by atoms with Crippen LogP contribution in [0.3, 0.4) is 0 Å². The van der Waals surface area contributed by atoms with E-state index < -0.39 is 11.8 Å². The summed E-state index contributed by atoms with van der Waals surface area (Å²) in [7, 11) is 1.54. The molecule has 0 aliphatic rings. The molecule has 0 spiro atoms. The molecule has 2 rings (SSSR count). The normalized spacial score (nSPS) is 9.89. The van der Waals surface area contributed by atoms with Gasteiger partial charge in [0.2, 0.25) is 0 Å². The van der Waals surface area contributed by atoms with Crippen LogP contribution in [0.2, 0.25) is 0 Å². The van der Waals surface area contributed by atoms with Gasteiger partial charge < -0.3 is 9.47 Å². The summed E-state index contributed by atoms with van der Waals surface area (Å²) in [5.41, 5.74) is 6.26. The summed E-state index contributed by atoms with van der Waals surface area (Å²) in [4.78, 5) is 23.9. The van der Waals surface area contributed by atoms with Crippen LogP contribution in [0.25, 0.3) is 0 Å². The minimum absolute atomic E-state index is 0.0440. The van der Waals surface area contributed by atoms with E-state index in [9.17, 15) is 9.59 Å². The van der Waals surface area contributed by atoms with Crippen molar-refractivity contribution in [2.75, 3.05) is 13.7 Å². The molecule has 2 aromatic rings. The average Bonchev–Trinajstić information content (AvgIpc) is 2.67. The monoisotopic (exact) mass is 451 g/mol. The van der Waals surface area contributed by atoms with Gasteiger partial charge in [0.05, 0.1) is 7.11 Å². The lowest BCUT2D eigenvalue weighted by Gasteiger charge is -2.12. The quantitative estimate of drug-likeness (QED) is 0.477. The second kappa shape index (κ2) is 9.89. The van der Waals surface area contributed by atoms with E-state index in [1.165, 1.54) is 0 Å². The molecule has 0 bridgehead atoms. The van der Waals surface area contributed by atoms with Gasteiger partial charge in [-0.1, -0.05) is 15.9 Å². The van der Waals surface area contributed by atoms with Gasteiger partial charge in [0.1, 0.15) is 11.5 Å². The van der Waals surface area contributed by atoms with Crippen LogP contribution in [0.5, 0.6) is 11.5 Å². The molecule has 0 unspecified atom stereocenters. The number of halogens is 1. The standard InChI is InChI=1S/C18H18BrN3O4S/c1-11-9-14(7-8-15(11)19)26-10-16(23)20-18(27)22-21-17(24)12-3-5-13(25-2)6-4-12/h3-9H,10H2,1-2H3,(H,21,24)(H2,20,22,23,27). The summed E-state index contributed by atoms with van der Waals surface area (Å²) in [5.74, 6) is 0.350. The van der Waals surface area contributed by atoms with Gasteiger partial charge in [-0.25, -0.2) is 0 Å². The van der Waals surface area contributed by atoms with Gasteiger partial charge in [-0.3, -0.25) is 25.8 Å². The molecule has 27 heavy (non-hydrogen) atoms. The fourth-order valence-electron chi connectivity index (χ4n) is 1.98. The number of carbonyl (C=O) groups is 2. The number of ether oxygens (including phenoxy) is 2. The SMILES string of the molecule is COc1ccc(C(=O)NNC(=S)NC(=O)COc2ccc(Br)c(C)c2)cc1. The van der Waals surface area contributed by atoms with Crippen molar-refractivity contribution < 1.29 is 19.1 Å². The summed E-state index contributed by atoms with van der Waals surface area (Å²) in [6.45, 7) is 1.71. The predicted molar refractivity (Wildman–Crippen MR) is 109 cm³/mol. The number of rotatable bonds is 5. The number of hydrogen-bond donors (Lipinski definition) is 3. The number of benzene rings is 2. The zero-order chi connectivity index (χ0) is 19.8. The second-order valence-electron chi connectivity index (χ2n) is 5.38. The van der Waals surface area contributed by atoms with Crippen LogP contribution in [0.1, 0.15) is 15.9 Å². The lowest BCUT2D eigenvalue weighted by atomic mass is 10.2. The van der Waals surface area contributed by atoms with Crippen molar-refractivity contribution in [1.82, 2.24) is 16.2 Å². The van der Waals surface area contributed by atoms with E-state index >= 15 is 0 Å². The van der Waals surface area contributed by atoms with Gasteiger partial charge in [-0.05, 0) is 67.2 Å². The molecule has 2 aromatic carbocycles. The third kappa shape index (κ3) is 6.54. The Morgan fingerprint density at radius 1 is 1.07 bits per heavy atom. The van der Waals surface area contributed by atoms with Gasteiger partial charge >= 0.3 is 0 Å². The van der Waals surface area contributed by atoms with Crippen molar-refractivity contribution in [2.45, 2.75) is 6.92 Å². The van der Waals surface area contributed by atoms with Crippen molar-refractivity contribution >= 4 is 45.1 Å². The number of methoxy groups -OCH3 is 1. The molecule has 9 heteroatoms. The largest absolute Gasteiger partial charge is 0.497 e. The molecule has 0 heterocycles. The van der Waals surface area contributed by atoms with Gasteiger partial charge in [-0.2, -0.15) is 0 Å². The molecule has 2 amide bonds. The molecular weight excluding hydrogens is 434 g/mol. The first-order valence-corrected chi connectivity index (χ1v) is 9.02. The molecular formula is C18H18BrN3O4S. The van der Waals surface area contributed by atoms with Crippen LogP contribution in [0.4, 0.5) is 0 Å². The van der Waals surface area contributed by atoms with Crippen molar-refractivity contribution in [1.29, 1.82) is 0 Å². The molecule has 0 fully saturated rings. The van der Waals surface area contributed by atoms with E-state index in [2.05, 4.69) is 32.1 Å². The first-order valence-electron chi connectivity index (χ1n) is 7.82. The van der Waals surface area contributed by atoms with E-state index in [0.29, 0.717) is 17.1 Å². The smallest absolute Gasteiger partial charge is 0.269 e. The topological polar surface area (TPSA) is 88.7 Å². The van der Waals surface area contributed by atoms with E-state index in [4.69, 9.17) is 21.7 Å². The number of aryl methyl sites for hydroxylation is 1. The van der Waals surface area contributed by atoms with Gasteiger partial charge in [0.25, 0.3) is 11.8 Å². The van der Waals surface area contributed by atoms with E-state index in [-0.39, 0.29) is 11.7 Å². The zero-order valence-electron chi connectivity index (χ0n) is 14.7. The third-order valence-electron chi connectivity index (χ3n) is 3.39. The second-order valence-corrected chi connectivity index (χ2v) is 6.65. The summed E-state index contributed by atoms with van der Waals surface area (Å²) in [5, 5.41) is 2.37. The number of hydrazine groups is 1. The summed E-state index contributed by atoms with van der Waals surface area (Å²) < 4.78 is 11.4. The zero-order valence-corrected chi connectivity index (χ0v) is 17.1. The molecule has 7 nitrogen and oxygen atoms in total. The maximum absolute atomic E-state index is 12.0. The Labute approximate surface area is 170 Å². The van der Waals surface area contributed by atoms with Crippen molar-refractivity contribution in [2.24, 2.45) is 0 Å². The highest BCUT2D eigenvalue weighted by Crippen LogP contribution is 2.21. The lowest BCUT2D eigenvalue weighted by Crippen LogP contribution is -2.49. The molecule has 3 N–H and O–H groups in total. The lowest BCUT2D eigenvalue weighted by molar-refractivity contribution is -0.121. The van der Waals surface area contributed by atoms with E-state index in [1.54, 1.807) is 37.4 Å². The van der Waals surface area contributed by atoms with Gasteiger partial charge in [0.15, 0.2) is 11.7 Å². The molecule has 0 aromatic heterocycles. The molecule has 0 aliphatic heterocycles.